The van der Waals surface area contributed by atoms with Crippen molar-refractivity contribution in [3.05, 3.63) is 62.6 Å². The summed E-state index contributed by atoms with van der Waals surface area (Å²) in [5.74, 6) is 2.29. The lowest BCUT2D eigenvalue weighted by Crippen LogP contribution is -2.29. The van der Waals surface area contributed by atoms with Crippen molar-refractivity contribution in [1.82, 2.24) is 14.7 Å². The van der Waals surface area contributed by atoms with Gasteiger partial charge in [-0.1, -0.05) is 55.0 Å². The number of allylic oxidation sites excluding steroid dienone is 1. The minimum absolute atomic E-state index is 0.0848. The maximum Gasteiger partial charge on any atom is 0.197 e. The number of fused-ring (bicyclic) bond motifs is 1. The Balaban J connectivity index is 1.32. The molecule has 0 amide bonds. The summed E-state index contributed by atoms with van der Waals surface area (Å²) in [5, 5.41) is 5.98. The number of hydrogen-bond donors (Lipinski definition) is 0. The largest absolute Gasteiger partial charge is 0.295 e. The van der Waals surface area contributed by atoms with Crippen LogP contribution in [0.3, 0.4) is 0 Å². The molecule has 0 N–H and O–H groups in total. The minimum atomic E-state index is 0.0848. The van der Waals surface area contributed by atoms with Crippen molar-refractivity contribution in [2.45, 2.75) is 58.3 Å². The van der Waals surface area contributed by atoms with Crippen LogP contribution >= 0.6 is 34.5 Å². The zero-order valence-corrected chi connectivity index (χ0v) is 24.3. The highest BCUT2D eigenvalue weighted by Gasteiger charge is 2.37. The van der Waals surface area contributed by atoms with Gasteiger partial charge in [-0.2, -0.15) is 5.10 Å². The van der Waals surface area contributed by atoms with Crippen LogP contribution in [0.25, 0.3) is 22.3 Å². The van der Waals surface area contributed by atoms with Crippen molar-refractivity contribution in [2.24, 2.45) is 17.8 Å². The molecule has 3 aliphatic rings. The van der Waals surface area contributed by atoms with Gasteiger partial charge in [0.25, 0.3) is 0 Å². The lowest BCUT2D eigenvalue weighted by Gasteiger charge is -2.17. The number of nitrogens with zero attached hydrogens (tertiary/aromatic N) is 3. The highest BCUT2D eigenvalue weighted by atomic mass is 35.5. The van der Waals surface area contributed by atoms with Crippen molar-refractivity contribution >= 4 is 46.4 Å². The van der Waals surface area contributed by atoms with Crippen LogP contribution < -0.4 is 0 Å². The third-order valence-electron chi connectivity index (χ3n) is 8.74. The summed E-state index contributed by atoms with van der Waals surface area (Å²) in [6.45, 7) is 4.52. The van der Waals surface area contributed by atoms with Gasteiger partial charge < -0.3 is 0 Å². The molecule has 3 heterocycles. The Morgan fingerprint density at radius 1 is 1.03 bits per heavy atom. The minimum Gasteiger partial charge on any atom is -0.295 e. The second-order valence-electron chi connectivity index (χ2n) is 11.4. The summed E-state index contributed by atoms with van der Waals surface area (Å²) in [5.41, 5.74) is 3.11. The van der Waals surface area contributed by atoms with Gasteiger partial charge in [0.15, 0.2) is 5.78 Å². The number of benzene rings is 1. The van der Waals surface area contributed by atoms with E-state index in [1.54, 1.807) is 17.4 Å². The molecule has 2 aliphatic carbocycles. The summed E-state index contributed by atoms with van der Waals surface area (Å²) in [4.78, 5) is 18.2. The molecule has 3 fully saturated rings. The fourth-order valence-electron chi connectivity index (χ4n) is 6.74. The van der Waals surface area contributed by atoms with Gasteiger partial charge in [0.05, 0.1) is 27.8 Å². The Hall–Kier alpha value is -1.92. The first kappa shape index (κ1) is 26.3. The van der Waals surface area contributed by atoms with E-state index in [9.17, 15) is 4.79 Å². The summed E-state index contributed by atoms with van der Waals surface area (Å²) in [7, 11) is 0. The van der Waals surface area contributed by atoms with Gasteiger partial charge in [0, 0.05) is 28.6 Å². The topological polar surface area (TPSA) is 38.1 Å². The van der Waals surface area contributed by atoms with Crippen molar-refractivity contribution in [3.8, 4) is 16.3 Å². The predicted molar refractivity (Wildman–Crippen MR) is 159 cm³/mol. The van der Waals surface area contributed by atoms with E-state index >= 15 is 0 Å². The number of hydrogen-bond acceptors (Lipinski definition) is 4. The quantitative estimate of drug-likeness (QED) is 0.268. The Bertz CT molecular complexity index is 1340. The van der Waals surface area contributed by atoms with Crippen LogP contribution in [0.2, 0.25) is 10.0 Å². The summed E-state index contributed by atoms with van der Waals surface area (Å²) in [6.07, 6.45) is 15.2. The average molecular weight is 569 g/mol. The Kier molecular flexibility index (Phi) is 7.82. The molecular formula is C31H35Cl2N3OS. The van der Waals surface area contributed by atoms with Crippen molar-refractivity contribution in [2.75, 3.05) is 19.6 Å². The van der Waals surface area contributed by atoms with Crippen LogP contribution in [0, 0.1) is 24.7 Å². The van der Waals surface area contributed by atoms with Crippen LogP contribution in [-0.2, 0) is 0 Å². The predicted octanol–water partition coefficient (Wildman–Crippen LogP) is 8.72. The molecule has 2 aromatic heterocycles. The first-order valence-electron chi connectivity index (χ1n) is 14.1. The van der Waals surface area contributed by atoms with E-state index in [0.29, 0.717) is 28.2 Å². The second kappa shape index (κ2) is 11.3. The molecule has 0 spiro atoms. The van der Waals surface area contributed by atoms with Crippen LogP contribution in [0.4, 0.5) is 0 Å². The third-order valence-corrected chi connectivity index (χ3v) is 10.3. The number of carbonyl (C=O) groups excluding carboxylic acids is 1. The zero-order chi connectivity index (χ0) is 26.2. The SMILES string of the molecule is Cc1c(C(=O)CN2CC3CCCC3C2)nn(-c2ccc(Cl)cc2Cl)c1-c1ccc(/C=C/C2CCCCC2)s1. The van der Waals surface area contributed by atoms with E-state index in [-0.39, 0.29) is 5.78 Å². The molecule has 38 heavy (non-hydrogen) atoms. The highest BCUT2D eigenvalue weighted by molar-refractivity contribution is 7.16. The number of ketones is 1. The number of likely N-dealkylation sites (tertiary alicyclic amines) is 1. The molecule has 3 aromatic rings. The molecule has 0 radical (unpaired) electrons. The van der Waals surface area contributed by atoms with E-state index in [4.69, 9.17) is 28.3 Å². The summed E-state index contributed by atoms with van der Waals surface area (Å²) < 4.78 is 1.85. The number of rotatable bonds is 7. The molecule has 2 unspecified atom stereocenters. The normalized spacial score (nSPS) is 22.5. The van der Waals surface area contributed by atoms with Gasteiger partial charge in [-0.25, -0.2) is 4.68 Å². The molecule has 1 saturated heterocycles. The Morgan fingerprint density at radius 2 is 1.79 bits per heavy atom. The molecule has 200 valence electrons. The molecule has 1 aliphatic heterocycles. The smallest absolute Gasteiger partial charge is 0.197 e. The number of thiophene rings is 1. The lowest BCUT2D eigenvalue weighted by atomic mass is 9.89. The summed E-state index contributed by atoms with van der Waals surface area (Å²) >= 11 is 14.6. The maximum atomic E-state index is 13.6. The monoisotopic (exact) mass is 567 g/mol. The maximum absolute atomic E-state index is 13.6. The van der Waals surface area contributed by atoms with Crippen molar-refractivity contribution in [1.29, 1.82) is 0 Å². The Labute approximate surface area is 239 Å². The number of halogens is 2. The van der Waals surface area contributed by atoms with Gasteiger partial charge in [-0.05, 0) is 86.8 Å². The first-order chi connectivity index (χ1) is 18.5. The number of aromatic nitrogens is 2. The van der Waals surface area contributed by atoms with Crippen LogP contribution in [-0.4, -0.2) is 40.1 Å². The summed E-state index contributed by atoms with van der Waals surface area (Å²) in [6, 6.07) is 9.75. The fourth-order valence-corrected chi connectivity index (χ4v) is 8.24. The van der Waals surface area contributed by atoms with Crippen LogP contribution in [0.15, 0.2) is 36.4 Å². The molecule has 7 heteroatoms. The van der Waals surface area contributed by atoms with Gasteiger partial charge in [0.1, 0.15) is 5.69 Å². The Morgan fingerprint density at radius 3 is 2.53 bits per heavy atom. The van der Waals surface area contributed by atoms with Crippen molar-refractivity contribution < 1.29 is 4.79 Å². The van der Waals surface area contributed by atoms with Crippen molar-refractivity contribution in [3.63, 3.8) is 0 Å². The van der Waals surface area contributed by atoms with E-state index in [1.165, 1.54) is 56.2 Å². The van der Waals surface area contributed by atoms with E-state index in [0.717, 1.165) is 46.7 Å². The standard InChI is InChI=1S/C31H35Cl2N3OS/c1-20-30(28(37)19-35-17-22-8-5-9-23(22)18-35)34-36(27-14-11-24(32)16-26(27)33)31(20)29-15-13-25(38-29)12-10-21-6-3-2-4-7-21/h10-16,21-23H,2-9,17-19H2,1H3/b12-10+. The highest BCUT2D eigenvalue weighted by Crippen LogP contribution is 2.39. The third kappa shape index (κ3) is 5.40. The van der Waals surface area contributed by atoms with E-state index in [1.807, 2.05) is 23.7 Å². The molecule has 0 bridgehead atoms. The van der Waals surface area contributed by atoms with Crippen LogP contribution in [0.5, 0.6) is 0 Å². The first-order valence-corrected chi connectivity index (χ1v) is 15.6. The average Bonchev–Trinajstić information content (AvgIpc) is 3.67. The van der Waals surface area contributed by atoms with Gasteiger partial charge >= 0.3 is 0 Å². The molecule has 2 saturated carbocycles. The lowest BCUT2D eigenvalue weighted by molar-refractivity contribution is 0.0935. The molecule has 4 nitrogen and oxygen atoms in total. The van der Waals surface area contributed by atoms with Gasteiger partial charge in [-0.3, -0.25) is 9.69 Å². The second-order valence-corrected chi connectivity index (χ2v) is 13.3. The molecule has 6 rings (SSSR count). The molecular weight excluding hydrogens is 533 g/mol. The zero-order valence-electron chi connectivity index (χ0n) is 22.0. The fraction of sp³-hybridized carbons (Fsp3) is 0.484. The number of carbonyl (C=O) groups is 1. The number of Topliss-reactive ketones (excluding diaryl/α,β-unsaturated/α-hetero) is 1. The van der Waals surface area contributed by atoms with Crippen LogP contribution in [0.1, 0.15) is 72.3 Å². The van der Waals surface area contributed by atoms with Gasteiger partial charge in [-0.15, -0.1) is 11.3 Å². The van der Waals surface area contributed by atoms with E-state index in [2.05, 4.69) is 29.2 Å². The van der Waals surface area contributed by atoms with E-state index < -0.39 is 0 Å². The molecule has 1 aromatic carbocycles. The molecule has 2 atom stereocenters. The van der Waals surface area contributed by atoms with Gasteiger partial charge in [0.2, 0.25) is 0 Å².